The first kappa shape index (κ1) is 11.7. The lowest BCUT2D eigenvalue weighted by Gasteiger charge is -2.11. The standard InChI is InChI=1S/C8H17N3O2/c1-4-5-10-8(9)11-6(2)7(12)13-3/h6H,4-5H2,1-3H3,(H3,9,10,11). The van der Waals surface area contributed by atoms with E-state index in [4.69, 9.17) is 5.73 Å². The molecule has 0 spiro atoms. The summed E-state index contributed by atoms with van der Waals surface area (Å²) in [5, 5.41) is 2.72. The van der Waals surface area contributed by atoms with Gasteiger partial charge in [-0.05, 0) is 13.3 Å². The fourth-order valence-electron chi connectivity index (χ4n) is 0.735. The van der Waals surface area contributed by atoms with Gasteiger partial charge in [-0.2, -0.15) is 0 Å². The van der Waals surface area contributed by atoms with Crippen LogP contribution in [0.2, 0.25) is 0 Å². The Bertz CT molecular complexity index is 192. The summed E-state index contributed by atoms with van der Waals surface area (Å²) in [7, 11) is 1.33. The summed E-state index contributed by atoms with van der Waals surface area (Å²) in [5.41, 5.74) is 5.48. The van der Waals surface area contributed by atoms with Crippen LogP contribution in [0.4, 0.5) is 0 Å². The van der Waals surface area contributed by atoms with E-state index in [2.05, 4.69) is 15.0 Å². The van der Waals surface area contributed by atoms with E-state index in [0.29, 0.717) is 6.54 Å². The smallest absolute Gasteiger partial charge is 0.328 e. The second-order valence-corrected chi connectivity index (χ2v) is 2.66. The number of carbonyl (C=O) groups excluding carboxylic acids is 1. The molecule has 5 nitrogen and oxygen atoms in total. The third-order valence-electron chi connectivity index (χ3n) is 1.42. The number of nitrogens with one attached hydrogen (secondary N) is 1. The highest BCUT2D eigenvalue weighted by Gasteiger charge is 2.12. The molecule has 0 aliphatic heterocycles. The van der Waals surface area contributed by atoms with E-state index in [-0.39, 0.29) is 11.9 Å². The van der Waals surface area contributed by atoms with Gasteiger partial charge in [0.15, 0.2) is 5.96 Å². The van der Waals surface area contributed by atoms with Crippen LogP contribution >= 0.6 is 0 Å². The SMILES string of the molecule is CCCN=C(N)NC(C)C(=O)OC. The van der Waals surface area contributed by atoms with Crippen molar-refractivity contribution in [2.75, 3.05) is 13.7 Å². The highest BCUT2D eigenvalue weighted by molar-refractivity contribution is 5.85. The van der Waals surface area contributed by atoms with Gasteiger partial charge in [-0.1, -0.05) is 6.92 Å². The number of nitrogens with zero attached hydrogens (tertiary/aromatic N) is 1. The maximum absolute atomic E-state index is 10.9. The zero-order valence-corrected chi connectivity index (χ0v) is 8.33. The van der Waals surface area contributed by atoms with E-state index in [1.807, 2.05) is 6.92 Å². The summed E-state index contributed by atoms with van der Waals surface area (Å²) in [6.07, 6.45) is 0.926. The van der Waals surface area contributed by atoms with Gasteiger partial charge >= 0.3 is 5.97 Å². The third-order valence-corrected chi connectivity index (χ3v) is 1.42. The van der Waals surface area contributed by atoms with E-state index in [1.54, 1.807) is 6.92 Å². The molecule has 5 heteroatoms. The van der Waals surface area contributed by atoms with E-state index < -0.39 is 6.04 Å². The number of esters is 1. The number of carbonyl (C=O) groups is 1. The molecule has 0 rings (SSSR count). The summed E-state index contributed by atoms with van der Waals surface area (Å²) in [6, 6.07) is -0.453. The van der Waals surface area contributed by atoms with Gasteiger partial charge < -0.3 is 15.8 Å². The highest BCUT2D eigenvalue weighted by Crippen LogP contribution is 1.85. The number of nitrogens with two attached hydrogens (primary N) is 1. The van der Waals surface area contributed by atoms with Gasteiger partial charge in [0.05, 0.1) is 7.11 Å². The van der Waals surface area contributed by atoms with Crippen LogP contribution in [0.15, 0.2) is 4.99 Å². The van der Waals surface area contributed by atoms with Gasteiger partial charge in [0.25, 0.3) is 0 Å². The lowest BCUT2D eigenvalue weighted by atomic mass is 10.3. The first-order valence-corrected chi connectivity index (χ1v) is 4.26. The third kappa shape index (κ3) is 5.05. The molecule has 13 heavy (non-hydrogen) atoms. The van der Waals surface area contributed by atoms with Crippen LogP contribution in [0.5, 0.6) is 0 Å². The van der Waals surface area contributed by atoms with Crippen LogP contribution < -0.4 is 11.1 Å². The molecule has 0 aromatic heterocycles. The van der Waals surface area contributed by atoms with Gasteiger partial charge in [0.1, 0.15) is 6.04 Å². The van der Waals surface area contributed by atoms with E-state index >= 15 is 0 Å². The summed E-state index contributed by atoms with van der Waals surface area (Å²) in [5.74, 6) is -0.0746. The first-order valence-electron chi connectivity index (χ1n) is 4.26. The van der Waals surface area contributed by atoms with Crippen LogP contribution in [0.1, 0.15) is 20.3 Å². The predicted molar refractivity (Wildman–Crippen MR) is 51.4 cm³/mol. The Kier molecular flexibility index (Phi) is 5.67. The molecule has 0 aliphatic rings. The second-order valence-electron chi connectivity index (χ2n) is 2.66. The molecule has 0 heterocycles. The lowest BCUT2D eigenvalue weighted by Crippen LogP contribution is -2.43. The van der Waals surface area contributed by atoms with E-state index in [1.165, 1.54) is 7.11 Å². The van der Waals surface area contributed by atoms with Crippen molar-refractivity contribution in [2.24, 2.45) is 10.7 Å². The van der Waals surface area contributed by atoms with E-state index in [9.17, 15) is 4.79 Å². The maximum Gasteiger partial charge on any atom is 0.328 e. The number of ether oxygens (including phenoxy) is 1. The monoisotopic (exact) mass is 187 g/mol. The Labute approximate surface area is 78.4 Å². The summed E-state index contributed by atoms with van der Waals surface area (Å²) < 4.78 is 4.51. The van der Waals surface area contributed by atoms with Gasteiger partial charge in [-0.25, -0.2) is 4.79 Å². The second kappa shape index (κ2) is 6.28. The molecule has 0 saturated heterocycles. The zero-order valence-electron chi connectivity index (χ0n) is 8.33. The molecule has 0 fully saturated rings. The van der Waals surface area contributed by atoms with Crippen molar-refractivity contribution in [2.45, 2.75) is 26.3 Å². The van der Waals surface area contributed by atoms with Crippen LogP contribution in [0.25, 0.3) is 0 Å². The number of hydrogen-bond acceptors (Lipinski definition) is 3. The summed E-state index contributed by atoms with van der Waals surface area (Å²) in [6.45, 7) is 4.33. The maximum atomic E-state index is 10.9. The van der Waals surface area contributed by atoms with Crippen molar-refractivity contribution in [3.8, 4) is 0 Å². The van der Waals surface area contributed by atoms with Gasteiger partial charge in [0.2, 0.25) is 0 Å². The number of guanidine groups is 1. The Morgan fingerprint density at radius 3 is 2.77 bits per heavy atom. The minimum absolute atomic E-state index is 0.278. The highest BCUT2D eigenvalue weighted by atomic mass is 16.5. The van der Waals surface area contributed by atoms with Crippen LogP contribution in [-0.4, -0.2) is 31.6 Å². The Morgan fingerprint density at radius 2 is 2.31 bits per heavy atom. The molecular weight excluding hydrogens is 170 g/mol. The van der Waals surface area contributed by atoms with Crippen LogP contribution in [0, 0.1) is 0 Å². The summed E-state index contributed by atoms with van der Waals surface area (Å²) in [4.78, 5) is 14.9. The molecule has 0 aliphatic carbocycles. The van der Waals surface area contributed by atoms with Crippen molar-refractivity contribution in [3.05, 3.63) is 0 Å². The van der Waals surface area contributed by atoms with Crippen LogP contribution in [-0.2, 0) is 9.53 Å². The number of rotatable bonds is 4. The fourth-order valence-corrected chi connectivity index (χ4v) is 0.735. The normalized spacial score (nSPS) is 13.6. The fraction of sp³-hybridized carbons (Fsp3) is 0.750. The lowest BCUT2D eigenvalue weighted by molar-refractivity contribution is -0.142. The largest absolute Gasteiger partial charge is 0.467 e. The Hall–Kier alpha value is -1.26. The van der Waals surface area contributed by atoms with Crippen molar-refractivity contribution < 1.29 is 9.53 Å². The zero-order chi connectivity index (χ0) is 10.3. The molecule has 76 valence electrons. The van der Waals surface area contributed by atoms with Crippen molar-refractivity contribution in [3.63, 3.8) is 0 Å². The number of methoxy groups -OCH3 is 1. The first-order chi connectivity index (χ1) is 6.11. The molecule has 0 aromatic carbocycles. The molecule has 0 radical (unpaired) electrons. The minimum atomic E-state index is -0.453. The Balaban J connectivity index is 3.90. The average Bonchev–Trinajstić information content (AvgIpc) is 2.13. The minimum Gasteiger partial charge on any atom is -0.467 e. The molecule has 1 atom stereocenters. The Morgan fingerprint density at radius 1 is 1.69 bits per heavy atom. The van der Waals surface area contributed by atoms with Gasteiger partial charge in [-0.15, -0.1) is 0 Å². The average molecular weight is 187 g/mol. The molecule has 0 saturated carbocycles. The topological polar surface area (TPSA) is 76.7 Å². The van der Waals surface area contributed by atoms with Crippen molar-refractivity contribution in [1.29, 1.82) is 0 Å². The molecule has 0 aromatic rings. The molecular formula is C8H17N3O2. The quantitative estimate of drug-likeness (QED) is 0.365. The number of aliphatic imine (C=N–C) groups is 1. The van der Waals surface area contributed by atoms with Crippen molar-refractivity contribution >= 4 is 11.9 Å². The van der Waals surface area contributed by atoms with Crippen molar-refractivity contribution in [1.82, 2.24) is 5.32 Å². The van der Waals surface area contributed by atoms with Crippen LogP contribution in [0.3, 0.4) is 0 Å². The van der Waals surface area contributed by atoms with Gasteiger partial charge in [0, 0.05) is 6.54 Å². The molecule has 0 bridgehead atoms. The summed E-state index contributed by atoms with van der Waals surface area (Å²) >= 11 is 0. The van der Waals surface area contributed by atoms with E-state index in [0.717, 1.165) is 6.42 Å². The molecule has 1 unspecified atom stereocenters. The molecule has 0 amide bonds. The predicted octanol–water partition coefficient (Wildman–Crippen LogP) is -0.138. The molecule has 3 N–H and O–H groups in total. The number of hydrogen-bond donors (Lipinski definition) is 2. The van der Waals surface area contributed by atoms with Gasteiger partial charge in [-0.3, -0.25) is 4.99 Å².